The number of alkyl halides is 2. The van der Waals surface area contributed by atoms with Gasteiger partial charge in [0.2, 0.25) is 5.92 Å². The molecule has 21 heavy (non-hydrogen) atoms. The molecule has 8 heteroatoms. The van der Waals surface area contributed by atoms with Gasteiger partial charge in [-0.1, -0.05) is 11.6 Å². The SMILES string of the molecule is FC1(F)CCC(Nc2cc(Cl)nc(-c3nccs3)n2)CC1. The quantitative estimate of drug-likeness (QED) is 0.855. The minimum atomic E-state index is -2.53. The molecule has 0 aromatic carbocycles. The fourth-order valence-corrected chi connectivity index (χ4v) is 3.07. The molecule has 4 nitrogen and oxygen atoms in total. The van der Waals surface area contributed by atoms with E-state index in [0.717, 1.165) is 0 Å². The van der Waals surface area contributed by atoms with Crippen molar-refractivity contribution in [3.8, 4) is 10.8 Å². The molecule has 0 radical (unpaired) electrons. The van der Waals surface area contributed by atoms with Crippen LogP contribution in [-0.4, -0.2) is 26.9 Å². The number of nitrogens with one attached hydrogen (secondary N) is 1. The van der Waals surface area contributed by atoms with Crippen molar-refractivity contribution >= 4 is 28.8 Å². The summed E-state index contributed by atoms with van der Waals surface area (Å²) in [5.74, 6) is -1.54. The lowest BCUT2D eigenvalue weighted by Crippen LogP contribution is -2.32. The van der Waals surface area contributed by atoms with E-state index in [4.69, 9.17) is 11.6 Å². The zero-order chi connectivity index (χ0) is 14.9. The summed E-state index contributed by atoms with van der Waals surface area (Å²) >= 11 is 7.41. The number of thiazole rings is 1. The number of halogens is 3. The van der Waals surface area contributed by atoms with E-state index in [1.165, 1.54) is 11.3 Å². The predicted octanol–water partition coefficient (Wildman–Crippen LogP) is 4.24. The molecule has 112 valence electrons. The highest BCUT2D eigenvalue weighted by molar-refractivity contribution is 7.13. The number of hydrogen-bond acceptors (Lipinski definition) is 5. The molecule has 3 rings (SSSR count). The van der Waals surface area contributed by atoms with Crippen LogP contribution >= 0.6 is 22.9 Å². The van der Waals surface area contributed by atoms with Gasteiger partial charge in [0.15, 0.2) is 10.8 Å². The molecule has 1 fully saturated rings. The number of nitrogens with zero attached hydrogens (tertiary/aromatic N) is 3. The molecule has 0 atom stereocenters. The Hall–Kier alpha value is -1.34. The lowest BCUT2D eigenvalue weighted by atomic mass is 9.92. The first-order valence-corrected chi connectivity index (χ1v) is 7.86. The summed E-state index contributed by atoms with van der Waals surface area (Å²) in [4.78, 5) is 12.6. The van der Waals surface area contributed by atoms with Crippen LogP contribution in [0.1, 0.15) is 25.7 Å². The standard InChI is InChI=1S/C13H13ClF2N4S/c14-9-7-10(18-8-1-3-13(15,16)4-2-8)20-11(19-9)12-17-5-6-21-12/h5-8H,1-4H2,(H,18,19,20). The van der Waals surface area contributed by atoms with Crippen molar-refractivity contribution < 1.29 is 8.78 Å². The van der Waals surface area contributed by atoms with Crippen molar-refractivity contribution in [3.63, 3.8) is 0 Å². The zero-order valence-corrected chi connectivity index (χ0v) is 12.6. The van der Waals surface area contributed by atoms with E-state index >= 15 is 0 Å². The van der Waals surface area contributed by atoms with Crippen LogP contribution in [0.25, 0.3) is 10.8 Å². The van der Waals surface area contributed by atoms with Crippen LogP contribution in [0, 0.1) is 0 Å². The summed E-state index contributed by atoms with van der Waals surface area (Å²) in [6, 6.07) is 1.59. The Morgan fingerprint density at radius 3 is 2.71 bits per heavy atom. The zero-order valence-electron chi connectivity index (χ0n) is 11.0. The first kappa shape index (κ1) is 14.6. The van der Waals surface area contributed by atoms with Crippen LogP contribution in [0.3, 0.4) is 0 Å². The Kier molecular flexibility index (Phi) is 4.03. The first-order chi connectivity index (χ1) is 10.0. The van der Waals surface area contributed by atoms with Gasteiger partial charge in [-0.25, -0.2) is 23.7 Å². The molecule has 0 saturated heterocycles. The number of anilines is 1. The second-order valence-electron chi connectivity index (χ2n) is 5.01. The van der Waals surface area contributed by atoms with Crippen LogP contribution < -0.4 is 5.32 Å². The minimum Gasteiger partial charge on any atom is -0.367 e. The lowest BCUT2D eigenvalue weighted by molar-refractivity contribution is -0.0361. The highest BCUT2D eigenvalue weighted by Crippen LogP contribution is 2.34. The van der Waals surface area contributed by atoms with Gasteiger partial charge in [0, 0.05) is 36.5 Å². The summed E-state index contributed by atoms with van der Waals surface area (Å²) in [6.07, 6.45) is 2.31. The van der Waals surface area contributed by atoms with E-state index in [0.29, 0.717) is 34.6 Å². The van der Waals surface area contributed by atoms with Crippen molar-refractivity contribution in [1.29, 1.82) is 0 Å². The molecule has 1 N–H and O–H groups in total. The average molecular weight is 331 g/mol. The molecule has 2 heterocycles. The topological polar surface area (TPSA) is 50.7 Å². The van der Waals surface area contributed by atoms with Crippen LogP contribution in [0.2, 0.25) is 5.15 Å². The monoisotopic (exact) mass is 330 g/mol. The molecule has 1 aliphatic carbocycles. The van der Waals surface area contributed by atoms with Crippen LogP contribution in [-0.2, 0) is 0 Å². The van der Waals surface area contributed by atoms with Crippen molar-refractivity contribution in [2.45, 2.75) is 37.6 Å². The number of hydrogen-bond donors (Lipinski definition) is 1. The second kappa shape index (κ2) is 5.81. The van der Waals surface area contributed by atoms with Gasteiger partial charge in [-0.05, 0) is 12.8 Å². The number of aromatic nitrogens is 3. The van der Waals surface area contributed by atoms with E-state index in [1.54, 1.807) is 12.3 Å². The molecule has 0 bridgehead atoms. The molecule has 1 aliphatic rings. The minimum absolute atomic E-state index is 0.0141. The largest absolute Gasteiger partial charge is 0.367 e. The molecule has 0 amide bonds. The summed E-state index contributed by atoms with van der Waals surface area (Å²) in [7, 11) is 0. The molecule has 0 aliphatic heterocycles. The Morgan fingerprint density at radius 2 is 2.05 bits per heavy atom. The van der Waals surface area contributed by atoms with Gasteiger partial charge in [-0.2, -0.15) is 0 Å². The third-order valence-corrected chi connectivity index (χ3v) is 4.35. The van der Waals surface area contributed by atoms with Gasteiger partial charge in [-0.15, -0.1) is 11.3 Å². The first-order valence-electron chi connectivity index (χ1n) is 6.61. The third kappa shape index (κ3) is 3.65. The van der Waals surface area contributed by atoms with E-state index in [1.807, 2.05) is 5.38 Å². The van der Waals surface area contributed by atoms with Crippen LogP contribution in [0.15, 0.2) is 17.6 Å². The normalized spacial score (nSPS) is 18.6. The maximum atomic E-state index is 13.1. The smallest absolute Gasteiger partial charge is 0.248 e. The van der Waals surface area contributed by atoms with Crippen molar-refractivity contribution in [1.82, 2.24) is 15.0 Å². The van der Waals surface area contributed by atoms with Crippen molar-refractivity contribution in [3.05, 3.63) is 22.8 Å². The summed E-state index contributed by atoms with van der Waals surface area (Å²) in [5.41, 5.74) is 0. The van der Waals surface area contributed by atoms with Crippen molar-refractivity contribution in [2.24, 2.45) is 0 Å². The average Bonchev–Trinajstić information content (AvgIpc) is 2.95. The van der Waals surface area contributed by atoms with Gasteiger partial charge in [0.25, 0.3) is 0 Å². The van der Waals surface area contributed by atoms with Gasteiger partial charge in [-0.3, -0.25) is 0 Å². The summed E-state index contributed by atoms with van der Waals surface area (Å²) in [6.45, 7) is 0. The molecule has 2 aromatic heterocycles. The molecular formula is C13H13ClF2N4S. The van der Waals surface area contributed by atoms with E-state index in [-0.39, 0.29) is 18.9 Å². The number of rotatable bonds is 3. The van der Waals surface area contributed by atoms with Gasteiger partial charge < -0.3 is 5.32 Å². The predicted molar refractivity (Wildman–Crippen MR) is 79.0 cm³/mol. The maximum absolute atomic E-state index is 13.1. The highest BCUT2D eigenvalue weighted by Gasteiger charge is 2.34. The van der Waals surface area contributed by atoms with E-state index < -0.39 is 5.92 Å². The van der Waals surface area contributed by atoms with Gasteiger partial charge >= 0.3 is 0 Å². The second-order valence-corrected chi connectivity index (χ2v) is 6.29. The van der Waals surface area contributed by atoms with E-state index in [9.17, 15) is 8.78 Å². The highest BCUT2D eigenvalue weighted by atomic mass is 35.5. The van der Waals surface area contributed by atoms with Crippen molar-refractivity contribution in [2.75, 3.05) is 5.32 Å². The van der Waals surface area contributed by atoms with Crippen LogP contribution in [0.4, 0.5) is 14.6 Å². The fraction of sp³-hybridized carbons (Fsp3) is 0.462. The summed E-state index contributed by atoms with van der Waals surface area (Å²) < 4.78 is 26.3. The fourth-order valence-electron chi connectivity index (χ4n) is 2.31. The van der Waals surface area contributed by atoms with Crippen LogP contribution in [0.5, 0.6) is 0 Å². The van der Waals surface area contributed by atoms with E-state index in [2.05, 4.69) is 20.3 Å². The summed E-state index contributed by atoms with van der Waals surface area (Å²) in [5, 5.41) is 5.98. The third-order valence-electron chi connectivity index (χ3n) is 3.39. The molecule has 2 aromatic rings. The molecule has 0 unspecified atom stereocenters. The molecule has 1 saturated carbocycles. The maximum Gasteiger partial charge on any atom is 0.248 e. The lowest BCUT2D eigenvalue weighted by Gasteiger charge is -2.29. The molecule has 0 spiro atoms. The van der Waals surface area contributed by atoms with Gasteiger partial charge in [0.05, 0.1) is 0 Å². The van der Waals surface area contributed by atoms with Gasteiger partial charge in [0.1, 0.15) is 11.0 Å². The Labute approximate surface area is 129 Å². The molecular weight excluding hydrogens is 318 g/mol. The Balaban J connectivity index is 1.74. The Morgan fingerprint density at radius 1 is 1.29 bits per heavy atom. The Bertz CT molecular complexity index is 611.